The Hall–Kier alpha value is -0.160. The van der Waals surface area contributed by atoms with E-state index in [1.54, 1.807) is 6.92 Å². The number of aliphatic hydroxyl groups excluding tert-OH is 1. The van der Waals surface area contributed by atoms with Gasteiger partial charge in [-0.3, -0.25) is 4.90 Å². The molecule has 0 aromatic rings. The lowest BCUT2D eigenvalue weighted by molar-refractivity contribution is 0.0525. The first-order valence-electron chi connectivity index (χ1n) is 6.14. The molecule has 0 saturated heterocycles. The third-order valence-corrected chi connectivity index (χ3v) is 3.13. The maximum absolute atomic E-state index is 9.39. The second-order valence-electron chi connectivity index (χ2n) is 5.09. The van der Waals surface area contributed by atoms with E-state index in [9.17, 15) is 5.11 Å². The van der Waals surface area contributed by atoms with Crippen molar-refractivity contribution in [2.75, 3.05) is 34.2 Å². The summed E-state index contributed by atoms with van der Waals surface area (Å²) >= 11 is 0. The molecule has 98 valence electrons. The van der Waals surface area contributed by atoms with Gasteiger partial charge < -0.3 is 15.7 Å². The fraction of sp³-hybridized carbons (Fsp3) is 1.00. The fourth-order valence-electron chi connectivity index (χ4n) is 1.92. The van der Waals surface area contributed by atoms with E-state index in [-0.39, 0.29) is 11.8 Å². The van der Waals surface area contributed by atoms with E-state index in [1.165, 1.54) is 0 Å². The van der Waals surface area contributed by atoms with Crippen molar-refractivity contribution in [1.82, 2.24) is 9.80 Å². The summed E-state index contributed by atoms with van der Waals surface area (Å²) < 4.78 is 0. The second kappa shape index (κ2) is 7.22. The van der Waals surface area contributed by atoms with Crippen LogP contribution in [-0.4, -0.2) is 60.9 Å². The normalized spacial score (nSPS) is 17.8. The molecule has 0 fully saturated rings. The molecule has 0 saturated carbocycles. The minimum atomic E-state index is -0.326. The molecule has 0 aliphatic carbocycles. The molecule has 0 spiro atoms. The predicted molar refractivity (Wildman–Crippen MR) is 69.3 cm³/mol. The minimum absolute atomic E-state index is 0.285. The smallest absolute Gasteiger partial charge is 0.0683 e. The van der Waals surface area contributed by atoms with Crippen molar-refractivity contribution < 1.29 is 5.11 Å². The summed E-state index contributed by atoms with van der Waals surface area (Å²) in [6.45, 7) is 5.59. The monoisotopic (exact) mass is 231 g/mol. The molecule has 2 atom stereocenters. The van der Waals surface area contributed by atoms with Gasteiger partial charge in [-0.05, 0) is 53.9 Å². The van der Waals surface area contributed by atoms with Gasteiger partial charge in [0.05, 0.1) is 11.8 Å². The Morgan fingerprint density at radius 3 is 2.25 bits per heavy atom. The van der Waals surface area contributed by atoms with Gasteiger partial charge in [-0.1, -0.05) is 6.92 Å². The van der Waals surface area contributed by atoms with Gasteiger partial charge in [0.15, 0.2) is 0 Å². The third-order valence-electron chi connectivity index (χ3n) is 3.13. The minimum Gasteiger partial charge on any atom is -0.392 e. The Morgan fingerprint density at radius 2 is 1.88 bits per heavy atom. The molecule has 4 nitrogen and oxygen atoms in total. The summed E-state index contributed by atoms with van der Waals surface area (Å²) in [6, 6.07) is 0. The SMILES string of the molecule is CCC(N)(CCCN(C)C)N(C)CC(C)O. The standard InChI is InChI=1S/C12H29N3O/c1-6-12(13,8-7-9-14(3)4)15(5)10-11(2)16/h11,16H,6-10,13H2,1-5H3. The van der Waals surface area contributed by atoms with Gasteiger partial charge in [-0.25, -0.2) is 0 Å². The molecular formula is C12H29N3O. The van der Waals surface area contributed by atoms with E-state index in [0.29, 0.717) is 6.54 Å². The van der Waals surface area contributed by atoms with E-state index in [0.717, 1.165) is 25.8 Å². The molecule has 0 rings (SSSR count). The van der Waals surface area contributed by atoms with Crippen LogP contribution in [0.5, 0.6) is 0 Å². The fourth-order valence-corrected chi connectivity index (χ4v) is 1.92. The van der Waals surface area contributed by atoms with Crippen LogP contribution in [0, 0.1) is 0 Å². The van der Waals surface area contributed by atoms with Crippen LogP contribution in [0.3, 0.4) is 0 Å². The van der Waals surface area contributed by atoms with Gasteiger partial charge in [0, 0.05) is 6.54 Å². The number of nitrogens with zero attached hydrogens (tertiary/aromatic N) is 2. The summed E-state index contributed by atoms with van der Waals surface area (Å²) in [5.41, 5.74) is 6.09. The van der Waals surface area contributed by atoms with Crippen LogP contribution in [0.2, 0.25) is 0 Å². The largest absolute Gasteiger partial charge is 0.392 e. The number of hydrogen-bond donors (Lipinski definition) is 2. The lowest BCUT2D eigenvalue weighted by Gasteiger charge is -2.39. The Morgan fingerprint density at radius 1 is 1.31 bits per heavy atom. The zero-order valence-electron chi connectivity index (χ0n) is 11.5. The summed E-state index contributed by atoms with van der Waals surface area (Å²) in [5.74, 6) is 0. The average Bonchev–Trinajstić information content (AvgIpc) is 2.15. The first-order valence-corrected chi connectivity index (χ1v) is 6.14. The van der Waals surface area contributed by atoms with Crippen molar-refractivity contribution >= 4 is 0 Å². The summed E-state index contributed by atoms with van der Waals surface area (Å²) in [4.78, 5) is 4.25. The molecule has 2 unspecified atom stereocenters. The highest BCUT2D eigenvalue weighted by Crippen LogP contribution is 2.18. The zero-order valence-corrected chi connectivity index (χ0v) is 11.5. The Labute approximate surface area is 100 Å². The van der Waals surface area contributed by atoms with Crippen molar-refractivity contribution in [3.8, 4) is 0 Å². The van der Waals surface area contributed by atoms with Crippen LogP contribution in [0.1, 0.15) is 33.1 Å². The Kier molecular flexibility index (Phi) is 7.15. The maximum atomic E-state index is 9.39. The molecule has 0 aliphatic heterocycles. The number of nitrogens with two attached hydrogens (primary N) is 1. The number of hydrogen-bond acceptors (Lipinski definition) is 4. The second-order valence-corrected chi connectivity index (χ2v) is 5.09. The zero-order chi connectivity index (χ0) is 12.8. The highest BCUT2D eigenvalue weighted by molar-refractivity contribution is 4.82. The number of aliphatic hydroxyl groups is 1. The van der Waals surface area contributed by atoms with E-state index in [4.69, 9.17) is 5.73 Å². The quantitative estimate of drug-likeness (QED) is 0.604. The first kappa shape index (κ1) is 15.8. The van der Waals surface area contributed by atoms with E-state index < -0.39 is 0 Å². The van der Waals surface area contributed by atoms with E-state index in [1.807, 2.05) is 7.05 Å². The van der Waals surface area contributed by atoms with Gasteiger partial charge in [-0.2, -0.15) is 0 Å². The molecule has 0 aromatic carbocycles. The van der Waals surface area contributed by atoms with Gasteiger partial charge in [0.25, 0.3) is 0 Å². The van der Waals surface area contributed by atoms with Gasteiger partial charge >= 0.3 is 0 Å². The Bertz CT molecular complexity index is 185. The van der Waals surface area contributed by atoms with Gasteiger partial charge in [-0.15, -0.1) is 0 Å². The van der Waals surface area contributed by atoms with Crippen LogP contribution in [0.4, 0.5) is 0 Å². The molecule has 16 heavy (non-hydrogen) atoms. The molecule has 0 bridgehead atoms. The van der Waals surface area contributed by atoms with Crippen molar-refractivity contribution in [1.29, 1.82) is 0 Å². The highest BCUT2D eigenvalue weighted by Gasteiger charge is 2.27. The maximum Gasteiger partial charge on any atom is 0.0683 e. The van der Waals surface area contributed by atoms with Crippen molar-refractivity contribution in [2.45, 2.75) is 44.9 Å². The van der Waals surface area contributed by atoms with Crippen LogP contribution in [0.15, 0.2) is 0 Å². The van der Waals surface area contributed by atoms with Crippen molar-refractivity contribution in [3.63, 3.8) is 0 Å². The Balaban J connectivity index is 4.17. The van der Waals surface area contributed by atoms with Crippen LogP contribution >= 0.6 is 0 Å². The van der Waals surface area contributed by atoms with Crippen LogP contribution < -0.4 is 5.73 Å². The van der Waals surface area contributed by atoms with E-state index >= 15 is 0 Å². The summed E-state index contributed by atoms with van der Waals surface area (Å²) in [6.07, 6.45) is 2.63. The first-order chi connectivity index (χ1) is 7.31. The molecule has 0 amide bonds. The molecule has 0 radical (unpaired) electrons. The summed E-state index contributed by atoms with van der Waals surface area (Å²) in [5, 5.41) is 9.39. The van der Waals surface area contributed by atoms with E-state index in [2.05, 4.69) is 30.8 Å². The van der Waals surface area contributed by atoms with Crippen LogP contribution in [-0.2, 0) is 0 Å². The van der Waals surface area contributed by atoms with Gasteiger partial charge in [0.1, 0.15) is 0 Å². The molecule has 0 heterocycles. The number of rotatable bonds is 8. The van der Waals surface area contributed by atoms with Gasteiger partial charge in [0.2, 0.25) is 0 Å². The third kappa shape index (κ3) is 5.80. The molecule has 3 N–H and O–H groups in total. The predicted octanol–water partition coefficient (Wildman–Crippen LogP) is 0.706. The number of likely N-dealkylation sites (N-methyl/N-ethyl adjacent to an activating group) is 1. The summed E-state index contributed by atoms with van der Waals surface area (Å²) in [7, 11) is 6.14. The highest BCUT2D eigenvalue weighted by atomic mass is 16.3. The van der Waals surface area contributed by atoms with Crippen LogP contribution in [0.25, 0.3) is 0 Å². The lowest BCUT2D eigenvalue weighted by Crippen LogP contribution is -2.55. The van der Waals surface area contributed by atoms with Crippen molar-refractivity contribution in [3.05, 3.63) is 0 Å². The van der Waals surface area contributed by atoms with Crippen molar-refractivity contribution in [2.24, 2.45) is 5.73 Å². The molecule has 0 aliphatic rings. The lowest BCUT2D eigenvalue weighted by atomic mass is 9.99. The molecule has 0 aromatic heterocycles. The molecular weight excluding hydrogens is 202 g/mol. The molecule has 4 heteroatoms. The topological polar surface area (TPSA) is 52.7 Å². The average molecular weight is 231 g/mol.